The first-order valence-electron chi connectivity index (χ1n) is 7.95. The maximum atomic E-state index is 12.8. The molecule has 0 aromatic heterocycles. The van der Waals surface area contributed by atoms with Crippen LogP contribution in [-0.4, -0.2) is 37.0 Å². The van der Waals surface area contributed by atoms with Gasteiger partial charge in [-0.15, -0.1) is 0 Å². The molecule has 1 amide bonds. The summed E-state index contributed by atoms with van der Waals surface area (Å²) in [6, 6.07) is 10.2. The Morgan fingerprint density at radius 1 is 1.29 bits per heavy atom. The van der Waals surface area contributed by atoms with Gasteiger partial charge in [-0.3, -0.25) is 4.79 Å². The summed E-state index contributed by atoms with van der Waals surface area (Å²) in [5.41, 5.74) is 6.96. The molecule has 1 aliphatic carbocycles. The van der Waals surface area contributed by atoms with Crippen LogP contribution in [0, 0.1) is 11.8 Å². The summed E-state index contributed by atoms with van der Waals surface area (Å²) in [4.78, 5) is 14.7. The number of carbonyl (C=O) groups is 1. The lowest BCUT2D eigenvalue weighted by Gasteiger charge is -2.35. The van der Waals surface area contributed by atoms with Gasteiger partial charge < -0.3 is 15.4 Å². The number of hydrogen-bond acceptors (Lipinski definition) is 3. The molecule has 1 aromatic carbocycles. The Morgan fingerprint density at radius 3 is 2.86 bits per heavy atom. The molecule has 21 heavy (non-hydrogen) atoms. The van der Waals surface area contributed by atoms with Crippen LogP contribution in [0.15, 0.2) is 30.3 Å². The average Bonchev–Trinajstić information content (AvgIpc) is 3.04. The van der Waals surface area contributed by atoms with Crippen molar-refractivity contribution in [3.05, 3.63) is 35.9 Å². The molecule has 1 saturated carbocycles. The molecule has 4 heteroatoms. The molecule has 2 fully saturated rings. The standard InChI is InChI=1S/C17H24N2O2/c18-11-14-7-4-8-15(14)17(20)19-9-10-21-16(12-19)13-5-2-1-3-6-13/h1-3,5-6,14-16H,4,7-12,18H2. The minimum atomic E-state index is 0.00151. The molecule has 0 radical (unpaired) electrons. The van der Waals surface area contributed by atoms with E-state index in [9.17, 15) is 4.79 Å². The third kappa shape index (κ3) is 3.11. The monoisotopic (exact) mass is 288 g/mol. The first kappa shape index (κ1) is 14.5. The summed E-state index contributed by atoms with van der Waals surface area (Å²) in [5.74, 6) is 0.784. The van der Waals surface area contributed by atoms with E-state index in [-0.39, 0.29) is 17.9 Å². The zero-order valence-corrected chi connectivity index (χ0v) is 12.4. The van der Waals surface area contributed by atoms with Crippen molar-refractivity contribution in [3.63, 3.8) is 0 Å². The van der Waals surface area contributed by atoms with Crippen molar-refractivity contribution in [1.82, 2.24) is 4.90 Å². The van der Waals surface area contributed by atoms with Gasteiger partial charge in [0.05, 0.1) is 13.2 Å². The molecule has 2 N–H and O–H groups in total. The van der Waals surface area contributed by atoms with Crippen LogP contribution in [0.2, 0.25) is 0 Å². The van der Waals surface area contributed by atoms with Gasteiger partial charge in [-0.05, 0) is 30.9 Å². The molecule has 0 bridgehead atoms. The second-order valence-corrected chi connectivity index (χ2v) is 6.09. The number of amides is 1. The number of ether oxygens (including phenoxy) is 1. The van der Waals surface area contributed by atoms with Gasteiger partial charge in [-0.2, -0.15) is 0 Å². The Bertz CT molecular complexity index is 477. The molecular weight excluding hydrogens is 264 g/mol. The number of nitrogens with zero attached hydrogens (tertiary/aromatic N) is 1. The van der Waals surface area contributed by atoms with Crippen molar-refractivity contribution >= 4 is 5.91 Å². The highest BCUT2D eigenvalue weighted by Gasteiger charge is 2.36. The summed E-state index contributed by atoms with van der Waals surface area (Å²) in [6.45, 7) is 2.61. The summed E-state index contributed by atoms with van der Waals surface area (Å²) < 4.78 is 5.84. The van der Waals surface area contributed by atoms with Crippen LogP contribution in [0.3, 0.4) is 0 Å². The highest BCUT2D eigenvalue weighted by atomic mass is 16.5. The minimum absolute atomic E-state index is 0.00151. The molecule has 1 saturated heterocycles. The summed E-state index contributed by atoms with van der Waals surface area (Å²) in [7, 11) is 0. The lowest BCUT2D eigenvalue weighted by atomic mass is 9.94. The fourth-order valence-electron chi connectivity index (χ4n) is 3.60. The van der Waals surface area contributed by atoms with Crippen LogP contribution in [0.1, 0.15) is 30.9 Å². The van der Waals surface area contributed by atoms with Crippen LogP contribution in [0.25, 0.3) is 0 Å². The second kappa shape index (κ2) is 6.58. The summed E-state index contributed by atoms with van der Waals surface area (Å²) in [6.07, 6.45) is 3.22. The largest absolute Gasteiger partial charge is 0.370 e. The predicted octanol–water partition coefficient (Wildman–Crippen LogP) is 1.96. The second-order valence-electron chi connectivity index (χ2n) is 6.09. The maximum Gasteiger partial charge on any atom is 0.226 e. The lowest BCUT2D eigenvalue weighted by Crippen LogP contribution is -2.46. The number of nitrogens with two attached hydrogens (primary N) is 1. The quantitative estimate of drug-likeness (QED) is 0.925. The van der Waals surface area contributed by atoms with Crippen LogP contribution in [-0.2, 0) is 9.53 Å². The van der Waals surface area contributed by atoms with Gasteiger partial charge in [0.2, 0.25) is 5.91 Å². The maximum absolute atomic E-state index is 12.8. The Balaban J connectivity index is 1.67. The normalized spacial score (nSPS) is 29.6. The molecule has 1 aromatic rings. The number of hydrogen-bond donors (Lipinski definition) is 1. The van der Waals surface area contributed by atoms with E-state index in [1.54, 1.807) is 0 Å². The molecule has 114 valence electrons. The van der Waals surface area contributed by atoms with Crippen molar-refractivity contribution in [2.45, 2.75) is 25.4 Å². The van der Waals surface area contributed by atoms with E-state index in [1.165, 1.54) is 0 Å². The van der Waals surface area contributed by atoms with E-state index in [4.69, 9.17) is 10.5 Å². The van der Waals surface area contributed by atoms with Crippen molar-refractivity contribution in [2.75, 3.05) is 26.2 Å². The average molecular weight is 288 g/mol. The minimum Gasteiger partial charge on any atom is -0.370 e. The molecule has 1 aliphatic heterocycles. The van der Waals surface area contributed by atoms with Crippen LogP contribution >= 0.6 is 0 Å². The molecule has 4 nitrogen and oxygen atoms in total. The highest BCUT2D eigenvalue weighted by molar-refractivity contribution is 5.79. The summed E-state index contributed by atoms with van der Waals surface area (Å²) >= 11 is 0. The fourth-order valence-corrected chi connectivity index (χ4v) is 3.60. The topological polar surface area (TPSA) is 55.6 Å². The molecular formula is C17H24N2O2. The number of rotatable bonds is 3. The fraction of sp³-hybridized carbons (Fsp3) is 0.588. The number of carbonyl (C=O) groups excluding carboxylic acids is 1. The van der Waals surface area contributed by atoms with Crippen molar-refractivity contribution in [1.29, 1.82) is 0 Å². The number of benzene rings is 1. The first-order valence-corrected chi connectivity index (χ1v) is 7.95. The van der Waals surface area contributed by atoms with Gasteiger partial charge in [-0.1, -0.05) is 36.8 Å². The smallest absolute Gasteiger partial charge is 0.226 e. The van der Waals surface area contributed by atoms with E-state index < -0.39 is 0 Å². The Kier molecular flexibility index (Phi) is 4.56. The SMILES string of the molecule is NCC1CCCC1C(=O)N1CCOC(c2ccccc2)C1. The van der Waals surface area contributed by atoms with E-state index in [0.717, 1.165) is 24.8 Å². The van der Waals surface area contributed by atoms with E-state index in [1.807, 2.05) is 23.1 Å². The summed E-state index contributed by atoms with van der Waals surface area (Å²) in [5, 5.41) is 0. The third-order valence-corrected chi connectivity index (χ3v) is 4.83. The van der Waals surface area contributed by atoms with E-state index in [2.05, 4.69) is 12.1 Å². The van der Waals surface area contributed by atoms with Crippen molar-refractivity contribution < 1.29 is 9.53 Å². The van der Waals surface area contributed by atoms with Crippen LogP contribution in [0.5, 0.6) is 0 Å². The van der Waals surface area contributed by atoms with Gasteiger partial charge in [0.1, 0.15) is 6.10 Å². The first-order chi connectivity index (χ1) is 10.3. The molecule has 1 heterocycles. The van der Waals surface area contributed by atoms with Gasteiger partial charge in [0.25, 0.3) is 0 Å². The Hall–Kier alpha value is -1.39. The van der Waals surface area contributed by atoms with Crippen LogP contribution < -0.4 is 5.73 Å². The molecule has 3 unspecified atom stereocenters. The Morgan fingerprint density at radius 2 is 2.10 bits per heavy atom. The zero-order valence-electron chi connectivity index (χ0n) is 12.4. The zero-order chi connectivity index (χ0) is 14.7. The van der Waals surface area contributed by atoms with Gasteiger partial charge in [0.15, 0.2) is 0 Å². The van der Waals surface area contributed by atoms with Gasteiger partial charge >= 0.3 is 0 Å². The highest BCUT2D eigenvalue weighted by Crippen LogP contribution is 2.33. The lowest BCUT2D eigenvalue weighted by molar-refractivity contribution is -0.144. The molecule has 0 spiro atoms. The van der Waals surface area contributed by atoms with E-state index in [0.29, 0.717) is 32.2 Å². The third-order valence-electron chi connectivity index (χ3n) is 4.83. The predicted molar refractivity (Wildman–Crippen MR) is 81.6 cm³/mol. The van der Waals surface area contributed by atoms with Gasteiger partial charge in [-0.25, -0.2) is 0 Å². The van der Waals surface area contributed by atoms with Crippen molar-refractivity contribution in [3.8, 4) is 0 Å². The molecule has 3 rings (SSSR count). The molecule has 2 aliphatic rings. The molecule has 3 atom stereocenters. The van der Waals surface area contributed by atoms with Gasteiger partial charge in [0, 0.05) is 12.5 Å². The van der Waals surface area contributed by atoms with Crippen molar-refractivity contribution in [2.24, 2.45) is 17.6 Å². The number of morpholine rings is 1. The Labute approximate surface area is 126 Å². The van der Waals surface area contributed by atoms with E-state index >= 15 is 0 Å². The van der Waals surface area contributed by atoms with Crippen LogP contribution in [0.4, 0.5) is 0 Å².